The molecule has 0 aromatic heterocycles. The summed E-state index contributed by atoms with van der Waals surface area (Å²) in [5.74, 6) is -0.909. The Bertz CT molecular complexity index is 544. The minimum atomic E-state index is -4.58. The predicted octanol–water partition coefficient (Wildman–Crippen LogP) is 2.27. The number of nitrogens with one attached hydrogen (secondary N) is 2. The SMILES string of the molecule is CN/C=C(/C#N)C(=O)Nc1ccccc1C(F)(F)F. The molecule has 0 saturated carbocycles. The lowest BCUT2D eigenvalue weighted by Crippen LogP contribution is -2.18. The van der Waals surface area contributed by atoms with Gasteiger partial charge < -0.3 is 10.6 Å². The first kappa shape index (κ1) is 14.6. The van der Waals surface area contributed by atoms with Crippen molar-refractivity contribution in [2.75, 3.05) is 12.4 Å². The van der Waals surface area contributed by atoms with Crippen LogP contribution in [0.4, 0.5) is 18.9 Å². The smallest absolute Gasteiger partial charge is 0.393 e. The van der Waals surface area contributed by atoms with Gasteiger partial charge in [-0.25, -0.2) is 0 Å². The van der Waals surface area contributed by atoms with Crippen LogP contribution < -0.4 is 10.6 Å². The molecule has 0 fully saturated rings. The first-order chi connectivity index (χ1) is 8.90. The summed E-state index contributed by atoms with van der Waals surface area (Å²) in [4.78, 5) is 11.6. The molecule has 0 radical (unpaired) electrons. The molecule has 1 amide bonds. The molecular weight excluding hydrogens is 259 g/mol. The number of benzene rings is 1. The van der Waals surface area contributed by atoms with Crippen LogP contribution in [-0.4, -0.2) is 13.0 Å². The van der Waals surface area contributed by atoms with Crippen LogP contribution in [-0.2, 0) is 11.0 Å². The molecule has 0 aliphatic heterocycles. The molecule has 19 heavy (non-hydrogen) atoms. The zero-order valence-corrected chi connectivity index (χ0v) is 9.88. The number of carbonyl (C=O) groups is 1. The van der Waals surface area contributed by atoms with Crippen molar-refractivity contribution in [3.63, 3.8) is 0 Å². The number of carbonyl (C=O) groups excluding carboxylic acids is 1. The topological polar surface area (TPSA) is 64.9 Å². The Kier molecular flexibility index (Phi) is 4.53. The second-order valence-electron chi connectivity index (χ2n) is 3.46. The van der Waals surface area contributed by atoms with Crippen molar-refractivity contribution in [3.05, 3.63) is 41.6 Å². The monoisotopic (exact) mass is 269 g/mol. The Morgan fingerprint density at radius 3 is 2.53 bits per heavy atom. The molecule has 4 nitrogen and oxygen atoms in total. The molecule has 0 heterocycles. The van der Waals surface area contributed by atoms with Crippen LogP contribution in [0, 0.1) is 11.3 Å². The number of para-hydroxylation sites is 1. The maximum absolute atomic E-state index is 12.7. The largest absolute Gasteiger partial charge is 0.418 e. The minimum absolute atomic E-state index is 0.320. The van der Waals surface area contributed by atoms with Gasteiger partial charge in [-0.1, -0.05) is 12.1 Å². The fourth-order valence-corrected chi connectivity index (χ4v) is 1.32. The van der Waals surface area contributed by atoms with Crippen molar-refractivity contribution in [1.82, 2.24) is 5.32 Å². The van der Waals surface area contributed by atoms with E-state index in [2.05, 4.69) is 10.6 Å². The summed E-state index contributed by atoms with van der Waals surface area (Å²) in [5, 5.41) is 13.2. The number of alkyl halides is 3. The van der Waals surface area contributed by atoms with Gasteiger partial charge in [0, 0.05) is 13.2 Å². The number of hydrogen-bond acceptors (Lipinski definition) is 3. The third-order valence-electron chi connectivity index (χ3n) is 2.13. The fraction of sp³-hybridized carbons (Fsp3) is 0.167. The average Bonchev–Trinajstić information content (AvgIpc) is 2.35. The minimum Gasteiger partial charge on any atom is -0.393 e. The first-order valence-electron chi connectivity index (χ1n) is 5.15. The van der Waals surface area contributed by atoms with Crippen LogP contribution in [0.3, 0.4) is 0 Å². The second-order valence-corrected chi connectivity index (χ2v) is 3.46. The highest BCUT2D eigenvalue weighted by Gasteiger charge is 2.33. The summed E-state index contributed by atoms with van der Waals surface area (Å²) in [6.07, 6.45) is -3.48. The Hall–Kier alpha value is -2.49. The van der Waals surface area contributed by atoms with E-state index >= 15 is 0 Å². The molecule has 2 N–H and O–H groups in total. The third-order valence-corrected chi connectivity index (χ3v) is 2.13. The summed E-state index contributed by atoms with van der Waals surface area (Å²) in [5.41, 5.74) is -1.68. The van der Waals surface area contributed by atoms with E-state index in [9.17, 15) is 18.0 Å². The molecular formula is C12H10F3N3O. The van der Waals surface area contributed by atoms with Gasteiger partial charge in [-0.2, -0.15) is 18.4 Å². The van der Waals surface area contributed by atoms with Gasteiger partial charge in [-0.05, 0) is 12.1 Å². The van der Waals surface area contributed by atoms with Crippen molar-refractivity contribution in [3.8, 4) is 6.07 Å². The average molecular weight is 269 g/mol. The van der Waals surface area contributed by atoms with E-state index in [1.807, 2.05) is 0 Å². The highest BCUT2D eigenvalue weighted by Crippen LogP contribution is 2.34. The zero-order valence-electron chi connectivity index (χ0n) is 9.88. The molecule has 0 aliphatic carbocycles. The molecule has 1 aromatic carbocycles. The predicted molar refractivity (Wildman–Crippen MR) is 62.8 cm³/mol. The molecule has 1 aromatic rings. The standard InChI is InChI=1S/C12H10F3N3O/c1-17-7-8(6-16)11(19)18-10-5-3-2-4-9(10)12(13,14)15/h2-5,7,17H,1H3,(H,18,19)/b8-7-. The van der Waals surface area contributed by atoms with E-state index in [1.165, 1.54) is 19.2 Å². The number of anilines is 1. The number of nitrogens with zero attached hydrogens (tertiary/aromatic N) is 1. The van der Waals surface area contributed by atoms with Gasteiger partial charge in [0.15, 0.2) is 0 Å². The summed E-state index contributed by atoms with van der Waals surface area (Å²) >= 11 is 0. The number of amides is 1. The highest BCUT2D eigenvalue weighted by molar-refractivity contribution is 6.06. The van der Waals surface area contributed by atoms with E-state index in [0.29, 0.717) is 0 Å². The zero-order chi connectivity index (χ0) is 14.5. The van der Waals surface area contributed by atoms with Crippen LogP contribution in [0.5, 0.6) is 0 Å². The number of rotatable bonds is 3. The third kappa shape index (κ3) is 3.74. The number of halogens is 3. The normalized spacial score (nSPS) is 11.6. The van der Waals surface area contributed by atoms with Gasteiger partial charge >= 0.3 is 6.18 Å². The lowest BCUT2D eigenvalue weighted by molar-refractivity contribution is -0.136. The van der Waals surface area contributed by atoms with Gasteiger partial charge in [0.25, 0.3) is 5.91 Å². The number of hydrogen-bond donors (Lipinski definition) is 2. The summed E-state index contributed by atoms with van der Waals surface area (Å²) in [6, 6.07) is 6.13. The van der Waals surface area contributed by atoms with E-state index < -0.39 is 23.3 Å². The summed E-state index contributed by atoms with van der Waals surface area (Å²) in [7, 11) is 1.47. The maximum Gasteiger partial charge on any atom is 0.418 e. The molecule has 0 spiro atoms. The highest BCUT2D eigenvalue weighted by atomic mass is 19.4. The Balaban J connectivity index is 3.05. The maximum atomic E-state index is 12.7. The van der Waals surface area contributed by atoms with Crippen molar-refractivity contribution < 1.29 is 18.0 Å². The Labute approximate surface area is 107 Å². The molecule has 0 unspecified atom stereocenters. The van der Waals surface area contributed by atoms with Gasteiger partial charge in [-0.15, -0.1) is 0 Å². The van der Waals surface area contributed by atoms with Crippen LogP contribution in [0.1, 0.15) is 5.56 Å². The number of nitriles is 1. The molecule has 0 saturated heterocycles. The van der Waals surface area contributed by atoms with Crippen LogP contribution >= 0.6 is 0 Å². The Morgan fingerprint density at radius 1 is 1.37 bits per heavy atom. The van der Waals surface area contributed by atoms with Crippen LogP contribution in [0.2, 0.25) is 0 Å². The van der Waals surface area contributed by atoms with E-state index in [4.69, 9.17) is 5.26 Å². The Morgan fingerprint density at radius 2 is 2.00 bits per heavy atom. The van der Waals surface area contributed by atoms with E-state index in [-0.39, 0.29) is 5.57 Å². The van der Waals surface area contributed by atoms with Crippen molar-refractivity contribution in [2.24, 2.45) is 0 Å². The van der Waals surface area contributed by atoms with Crippen molar-refractivity contribution in [2.45, 2.75) is 6.18 Å². The quantitative estimate of drug-likeness (QED) is 0.653. The fourth-order valence-electron chi connectivity index (χ4n) is 1.32. The lowest BCUT2D eigenvalue weighted by Gasteiger charge is -2.13. The van der Waals surface area contributed by atoms with Crippen molar-refractivity contribution in [1.29, 1.82) is 5.26 Å². The second kappa shape index (κ2) is 5.91. The van der Waals surface area contributed by atoms with Gasteiger partial charge in [0.1, 0.15) is 11.6 Å². The van der Waals surface area contributed by atoms with Crippen molar-refractivity contribution >= 4 is 11.6 Å². The van der Waals surface area contributed by atoms with Crippen LogP contribution in [0.25, 0.3) is 0 Å². The van der Waals surface area contributed by atoms with E-state index in [0.717, 1.165) is 18.3 Å². The molecule has 0 atom stereocenters. The summed E-state index contributed by atoms with van der Waals surface area (Å²) in [6.45, 7) is 0. The molecule has 1 rings (SSSR count). The molecule has 0 bridgehead atoms. The van der Waals surface area contributed by atoms with Crippen LogP contribution in [0.15, 0.2) is 36.0 Å². The molecule has 0 aliphatic rings. The van der Waals surface area contributed by atoms with Gasteiger partial charge in [0.05, 0.1) is 11.3 Å². The first-order valence-corrected chi connectivity index (χ1v) is 5.15. The summed E-state index contributed by atoms with van der Waals surface area (Å²) < 4.78 is 38.1. The molecule has 100 valence electrons. The lowest BCUT2D eigenvalue weighted by atomic mass is 10.1. The van der Waals surface area contributed by atoms with Gasteiger partial charge in [0.2, 0.25) is 0 Å². The van der Waals surface area contributed by atoms with E-state index in [1.54, 1.807) is 6.07 Å². The van der Waals surface area contributed by atoms with Gasteiger partial charge in [-0.3, -0.25) is 4.79 Å². The molecule has 7 heteroatoms.